The fraction of sp³-hybridized carbons (Fsp3) is 0.333. The van der Waals surface area contributed by atoms with Gasteiger partial charge in [-0.2, -0.15) is 5.26 Å². The number of hydrogen-bond donors (Lipinski definition) is 1. The fourth-order valence-corrected chi connectivity index (χ4v) is 5.30. The van der Waals surface area contributed by atoms with E-state index in [9.17, 15) is 14.9 Å². The summed E-state index contributed by atoms with van der Waals surface area (Å²) < 4.78 is 12.7. The molecule has 4 rings (SSSR count). The number of fused-ring (bicyclic) bond motifs is 1. The summed E-state index contributed by atoms with van der Waals surface area (Å²) in [6.07, 6.45) is 2.50. The zero-order valence-electron chi connectivity index (χ0n) is 19.3. The van der Waals surface area contributed by atoms with E-state index < -0.39 is 5.56 Å². The van der Waals surface area contributed by atoms with Crippen LogP contribution in [-0.2, 0) is 18.4 Å². The monoisotopic (exact) mass is 496 g/mol. The second-order valence-electron chi connectivity index (χ2n) is 8.09. The van der Waals surface area contributed by atoms with Gasteiger partial charge in [-0.15, -0.1) is 0 Å². The Bertz CT molecular complexity index is 1330. The topological polar surface area (TPSA) is 96.6 Å². The van der Waals surface area contributed by atoms with Crippen LogP contribution in [0.15, 0.2) is 27.9 Å². The van der Waals surface area contributed by atoms with Gasteiger partial charge < -0.3 is 14.8 Å². The molecule has 1 amide bonds. The van der Waals surface area contributed by atoms with Gasteiger partial charge in [0.2, 0.25) is 6.79 Å². The van der Waals surface area contributed by atoms with E-state index in [-0.39, 0.29) is 24.3 Å². The van der Waals surface area contributed by atoms with Crippen LogP contribution < -0.4 is 20.3 Å². The minimum Gasteiger partial charge on any atom is -0.454 e. The molecule has 1 aromatic heterocycles. The molecule has 34 heavy (non-hydrogen) atoms. The highest BCUT2D eigenvalue weighted by Gasteiger charge is 2.35. The molecule has 0 aliphatic carbocycles. The maximum absolute atomic E-state index is 13.1. The van der Waals surface area contributed by atoms with Crippen LogP contribution in [0, 0.1) is 18.3 Å². The zero-order valence-corrected chi connectivity index (χ0v) is 20.9. The number of pyridine rings is 1. The van der Waals surface area contributed by atoms with E-state index in [4.69, 9.17) is 21.7 Å². The lowest BCUT2D eigenvalue weighted by Gasteiger charge is -2.21. The van der Waals surface area contributed by atoms with Gasteiger partial charge in [0.05, 0.1) is 4.91 Å². The molecule has 1 aromatic carbocycles. The Morgan fingerprint density at radius 1 is 1.32 bits per heavy atom. The van der Waals surface area contributed by atoms with Crippen molar-refractivity contribution in [2.75, 3.05) is 12.1 Å². The number of hydrogen-bond acceptors (Lipinski definition) is 8. The molecule has 8 nitrogen and oxygen atoms in total. The van der Waals surface area contributed by atoms with Crippen LogP contribution in [0.2, 0.25) is 0 Å². The number of thioether (sulfide) groups is 1. The zero-order chi connectivity index (χ0) is 24.6. The van der Waals surface area contributed by atoms with Crippen molar-refractivity contribution in [2.45, 2.75) is 39.8 Å². The number of amides is 1. The second kappa shape index (κ2) is 9.52. The molecule has 1 atom stereocenters. The molecule has 0 radical (unpaired) electrons. The van der Waals surface area contributed by atoms with Gasteiger partial charge in [-0.25, -0.2) is 0 Å². The van der Waals surface area contributed by atoms with Crippen molar-refractivity contribution in [3.05, 3.63) is 55.7 Å². The number of carbonyl (C=O) groups is 1. The summed E-state index contributed by atoms with van der Waals surface area (Å²) in [6.45, 7) is 6.25. The van der Waals surface area contributed by atoms with Crippen LogP contribution in [0.5, 0.6) is 11.5 Å². The van der Waals surface area contributed by atoms with E-state index in [1.165, 1.54) is 16.3 Å². The van der Waals surface area contributed by atoms with Gasteiger partial charge >= 0.3 is 0 Å². The predicted octanol–water partition coefficient (Wildman–Crippen LogP) is 3.91. The molecule has 0 spiro atoms. The molecular formula is C24H24N4O4S2. The number of ether oxygens (including phenoxy) is 2. The van der Waals surface area contributed by atoms with Crippen molar-refractivity contribution in [3.8, 4) is 17.6 Å². The maximum atomic E-state index is 13.1. The average Bonchev–Trinajstić information content (AvgIpc) is 3.40. The largest absolute Gasteiger partial charge is 0.454 e. The van der Waals surface area contributed by atoms with E-state index in [1.807, 2.05) is 38.1 Å². The van der Waals surface area contributed by atoms with Gasteiger partial charge in [-0.3, -0.25) is 19.1 Å². The number of benzene rings is 1. The van der Waals surface area contributed by atoms with Crippen LogP contribution in [-0.4, -0.2) is 32.5 Å². The van der Waals surface area contributed by atoms with Gasteiger partial charge in [0, 0.05) is 25.2 Å². The van der Waals surface area contributed by atoms with Gasteiger partial charge in [0.25, 0.3) is 11.5 Å². The minimum absolute atomic E-state index is 0.0158. The van der Waals surface area contributed by atoms with Crippen molar-refractivity contribution in [3.63, 3.8) is 0 Å². The Labute approximate surface area is 207 Å². The van der Waals surface area contributed by atoms with Crippen LogP contribution in [0.1, 0.15) is 42.5 Å². The van der Waals surface area contributed by atoms with Crippen LogP contribution in [0.3, 0.4) is 0 Å². The van der Waals surface area contributed by atoms with E-state index >= 15 is 0 Å². The van der Waals surface area contributed by atoms with Gasteiger partial charge in [0.1, 0.15) is 21.8 Å². The Morgan fingerprint density at radius 3 is 2.76 bits per heavy atom. The molecule has 1 fully saturated rings. The van der Waals surface area contributed by atoms with Crippen LogP contribution >= 0.6 is 24.0 Å². The maximum Gasteiger partial charge on any atom is 0.270 e. The molecule has 0 saturated carbocycles. The lowest BCUT2D eigenvalue weighted by Crippen LogP contribution is -2.36. The van der Waals surface area contributed by atoms with E-state index in [0.29, 0.717) is 44.2 Å². The Morgan fingerprint density at radius 2 is 2.06 bits per heavy atom. The lowest BCUT2D eigenvalue weighted by molar-refractivity contribution is -0.123. The molecule has 1 N–H and O–H groups in total. The molecule has 2 aliphatic rings. The molecule has 0 bridgehead atoms. The standard InChI is InChI=1S/C24H24N4O4S2/c1-5-13(2)28-23(30)20(34-24(28)33)9-16-14(3)17(10-25)22(29)27(4)21(16)26-11-15-6-7-18-19(8-15)32-12-31-18/h6-9,13,26H,5,11-12H2,1-4H3/b20-9+. The number of nitriles is 1. The number of thiocarbonyl (C=S) groups is 1. The predicted molar refractivity (Wildman–Crippen MR) is 136 cm³/mol. The average molecular weight is 497 g/mol. The van der Waals surface area contributed by atoms with Crippen molar-refractivity contribution >= 4 is 46.1 Å². The molecule has 176 valence electrons. The van der Waals surface area contributed by atoms with Crippen molar-refractivity contribution in [1.82, 2.24) is 9.47 Å². The summed E-state index contributed by atoms with van der Waals surface area (Å²) in [5.74, 6) is 1.69. The highest BCUT2D eigenvalue weighted by molar-refractivity contribution is 8.26. The molecule has 2 aromatic rings. The summed E-state index contributed by atoms with van der Waals surface area (Å²) >= 11 is 6.68. The Kier molecular flexibility index (Phi) is 6.68. The first-order valence-corrected chi connectivity index (χ1v) is 12.0. The Hall–Kier alpha value is -3.29. The molecular weight excluding hydrogens is 472 g/mol. The first-order valence-electron chi connectivity index (χ1n) is 10.8. The summed E-state index contributed by atoms with van der Waals surface area (Å²) in [7, 11) is 1.60. The van der Waals surface area contributed by atoms with Gasteiger partial charge in [-0.05, 0) is 49.6 Å². The fourth-order valence-electron chi connectivity index (χ4n) is 3.85. The number of carbonyl (C=O) groups excluding carboxylic acids is 1. The highest BCUT2D eigenvalue weighted by atomic mass is 32.2. The molecule has 10 heteroatoms. The van der Waals surface area contributed by atoms with E-state index in [1.54, 1.807) is 24.9 Å². The SMILES string of the molecule is CCC(C)N1C(=O)/C(=C\c2c(C)c(C#N)c(=O)n(C)c2NCc2ccc3c(c2)OCO3)SC1=S. The van der Waals surface area contributed by atoms with E-state index in [2.05, 4.69) is 5.32 Å². The third-order valence-electron chi connectivity index (χ3n) is 6.03. The number of aromatic nitrogens is 1. The molecule has 3 heterocycles. The van der Waals surface area contributed by atoms with Crippen LogP contribution in [0.4, 0.5) is 5.82 Å². The quantitative estimate of drug-likeness (QED) is 0.475. The summed E-state index contributed by atoms with van der Waals surface area (Å²) in [4.78, 5) is 28.0. The van der Waals surface area contributed by atoms with Gasteiger partial charge in [-0.1, -0.05) is 37.0 Å². The number of rotatable bonds is 6. The smallest absolute Gasteiger partial charge is 0.270 e. The minimum atomic E-state index is -0.405. The second-order valence-corrected chi connectivity index (χ2v) is 9.76. The lowest BCUT2D eigenvalue weighted by atomic mass is 10.0. The number of anilines is 1. The Balaban J connectivity index is 1.75. The normalized spacial score (nSPS) is 16.8. The van der Waals surface area contributed by atoms with Crippen molar-refractivity contribution in [2.24, 2.45) is 7.05 Å². The van der Waals surface area contributed by atoms with E-state index in [0.717, 1.165) is 12.0 Å². The molecule has 1 unspecified atom stereocenters. The third-order valence-corrected chi connectivity index (χ3v) is 7.36. The first-order chi connectivity index (χ1) is 16.3. The molecule has 2 aliphatic heterocycles. The van der Waals surface area contributed by atoms with Crippen LogP contribution in [0.25, 0.3) is 6.08 Å². The summed E-state index contributed by atoms with van der Waals surface area (Å²) in [5.41, 5.74) is 1.67. The summed E-state index contributed by atoms with van der Waals surface area (Å²) in [6, 6.07) is 7.61. The van der Waals surface area contributed by atoms with Crippen molar-refractivity contribution in [1.29, 1.82) is 5.26 Å². The summed E-state index contributed by atoms with van der Waals surface area (Å²) in [5, 5.41) is 12.9. The molecule has 1 saturated heterocycles. The van der Waals surface area contributed by atoms with Gasteiger partial charge in [0.15, 0.2) is 11.5 Å². The first kappa shape index (κ1) is 23.9. The highest BCUT2D eigenvalue weighted by Crippen LogP contribution is 2.37. The van der Waals surface area contributed by atoms with Crippen molar-refractivity contribution < 1.29 is 14.3 Å². The number of nitrogens with zero attached hydrogens (tertiary/aromatic N) is 3. The number of nitrogens with one attached hydrogen (secondary N) is 1. The third kappa shape index (κ3) is 4.17.